The number of hydrogen-bond donors (Lipinski definition) is 1. The highest BCUT2D eigenvalue weighted by atomic mass is 32.2. The van der Waals surface area contributed by atoms with Gasteiger partial charge in [-0.25, -0.2) is 0 Å². The van der Waals surface area contributed by atoms with Crippen molar-refractivity contribution in [1.29, 1.82) is 0 Å². The van der Waals surface area contributed by atoms with Crippen molar-refractivity contribution in [3.8, 4) is 0 Å². The maximum atomic E-state index is 9.93. The molecule has 1 aromatic rings. The molecule has 0 aliphatic carbocycles. The summed E-state index contributed by atoms with van der Waals surface area (Å²) < 4.78 is 0.477. The molecule has 0 bridgehead atoms. The van der Waals surface area contributed by atoms with Gasteiger partial charge in [-0.05, 0) is 24.5 Å². The van der Waals surface area contributed by atoms with Gasteiger partial charge in [-0.1, -0.05) is 30.3 Å². The van der Waals surface area contributed by atoms with Crippen LogP contribution in [0, 0.1) is 0 Å². The van der Waals surface area contributed by atoms with Crippen LogP contribution in [0.1, 0.15) is 18.1 Å². The molecule has 0 radical (unpaired) electrons. The lowest BCUT2D eigenvalue weighted by atomic mass is 10.1. The van der Waals surface area contributed by atoms with Gasteiger partial charge in [-0.3, -0.25) is 0 Å². The van der Waals surface area contributed by atoms with Crippen molar-refractivity contribution in [1.82, 2.24) is 0 Å². The normalized spacial score (nSPS) is 13.1. The van der Waals surface area contributed by atoms with Crippen molar-refractivity contribution >= 4 is 23.5 Å². The maximum absolute atomic E-state index is 9.93. The first-order valence-corrected chi connectivity index (χ1v) is 7.14. The molecule has 0 fully saturated rings. The van der Waals surface area contributed by atoms with E-state index in [1.807, 2.05) is 30.3 Å². The van der Waals surface area contributed by atoms with Gasteiger partial charge in [0.1, 0.15) is 0 Å². The zero-order valence-electron chi connectivity index (χ0n) is 8.51. The predicted octanol–water partition coefficient (Wildman–Crippen LogP) is 3.16. The van der Waals surface area contributed by atoms with E-state index >= 15 is 0 Å². The molecule has 14 heavy (non-hydrogen) atoms. The average molecular weight is 228 g/mol. The highest BCUT2D eigenvalue weighted by Crippen LogP contribution is 2.29. The molecule has 0 saturated heterocycles. The first-order chi connectivity index (χ1) is 6.77. The Morgan fingerprint density at radius 2 is 1.71 bits per heavy atom. The van der Waals surface area contributed by atoms with Crippen LogP contribution in [0.2, 0.25) is 0 Å². The van der Waals surface area contributed by atoms with Gasteiger partial charge in [-0.15, -0.1) is 0 Å². The zero-order chi connectivity index (χ0) is 10.4. The molecule has 0 aliphatic heterocycles. The van der Waals surface area contributed by atoms with Crippen molar-refractivity contribution in [3.63, 3.8) is 0 Å². The van der Waals surface area contributed by atoms with Crippen LogP contribution in [-0.2, 0) is 0 Å². The number of aliphatic hydroxyl groups excluding tert-OH is 1. The van der Waals surface area contributed by atoms with Gasteiger partial charge in [0, 0.05) is 0 Å². The number of aliphatic hydroxyl groups is 1. The minimum absolute atomic E-state index is 0.332. The van der Waals surface area contributed by atoms with Crippen LogP contribution in [0.15, 0.2) is 30.3 Å². The van der Waals surface area contributed by atoms with Crippen molar-refractivity contribution in [2.75, 3.05) is 12.5 Å². The number of benzene rings is 1. The molecular formula is C11H16OS2. The highest BCUT2D eigenvalue weighted by Gasteiger charge is 2.13. The topological polar surface area (TPSA) is 20.2 Å². The van der Waals surface area contributed by atoms with E-state index in [0.717, 1.165) is 12.0 Å². The van der Waals surface area contributed by atoms with E-state index in [1.54, 1.807) is 23.5 Å². The molecule has 0 amide bonds. The quantitative estimate of drug-likeness (QED) is 0.782. The van der Waals surface area contributed by atoms with Crippen molar-refractivity contribution in [2.24, 2.45) is 0 Å². The second-order valence-corrected chi connectivity index (χ2v) is 5.44. The second kappa shape index (κ2) is 6.38. The molecule has 0 saturated carbocycles. The molecule has 78 valence electrons. The molecule has 0 aromatic heterocycles. The van der Waals surface area contributed by atoms with Crippen LogP contribution in [0.25, 0.3) is 0 Å². The molecule has 1 N–H and O–H groups in total. The molecule has 1 unspecified atom stereocenters. The Morgan fingerprint density at radius 3 is 2.21 bits per heavy atom. The summed E-state index contributed by atoms with van der Waals surface area (Å²) in [5, 5.41) is 9.93. The summed E-state index contributed by atoms with van der Waals surface area (Å²) in [6.07, 6.45) is 4.64. The Bertz CT molecular complexity index is 247. The molecule has 1 nitrogen and oxygen atoms in total. The average Bonchev–Trinajstić information content (AvgIpc) is 2.26. The number of rotatable bonds is 5. The molecule has 0 heterocycles. The Labute approximate surface area is 94.3 Å². The molecule has 1 atom stereocenters. The minimum Gasteiger partial charge on any atom is -0.388 e. The largest absolute Gasteiger partial charge is 0.388 e. The van der Waals surface area contributed by atoms with E-state index in [9.17, 15) is 5.11 Å². The van der Waals surface area contributed by atoms with Crippen molar-refractivity contribution in [2.45, 2.75) is 17.1 Å². The van der Waals surface area contributed by atoms with Gasteiger partial charge >= 0.3 is 0 Å². The Morgan fingerprint density at radius 1 is 1.14 bits per heavy atom. The number of hydrogen-bond acceptors (Lipinski definition) is 3. The van der Waals surface area contributed by atoms with Crippen molar-refractivity contribution in [3.05, 3.63) is 35.9 Å². The third-order valence-corrected chi connectivity index (χ3v) is 4.72. The molecule has 1 aromatic carbocycles. The van der Waals surface area contributed by atoms with Crippen LogP contribution in [-0.4, -0.2) is 22.2 Å². The second-order valence-electron chi connectivity index (χ2n) is 3.06. The zero-order valence-corrected chi connectivity index (χ0v) is 10.1. The summed E-state index contributed by atoms with van der Waals surface area (Å²) >= 11 is 3.59. The summed E-state index contributed by atoms with van der Waals surface area (Å²) in [4.78, 5) is 0. The van der Waals surface area contributed by atoms with Gasteiger partial charge < -0.3 is 5.11 Å². The van der Waals surface area contributed by atoms with Gasteiger partial charge in [0.05, 0.1) is 10.7 Å². The van der Waals surface area contributed by atoms with E-state index in [0.29, 0.717) is 4.58 Å². The standard InChI is InChI=1S/C11H16OS2/c1-13-11(14-2)8-10(12)9-6-4-3-5-7-9/h3-7,10-12H,8H2,1-2H3. The van der Waals surface area contributed by atoms with E-state index in [-0.39, 0.29) is 6.10 Å². The van der Waals surface area contributed by atoms with E-state index in [1.165, 1.54) is 0 Å². The fourth-order valence-corrected chi connectivity index (χ4v) is 2.80. The molecule has 3 heteroatoms. The van der Waals surface area contributed by atoms with Crippen molar-refractivity contribution < 1.29 is 5.11 Å². The fourth-order valence-electron chi connectivity index (χ4n) is 1.28. The first kappa shape index (κ1) is 12.0. The summed E-state index contributed by atoms with van der Waals surface area (Å²) in [5.41, 5.74) is 1.01. The first-order valence-electron chi connectivity index (χ1n) is 4.56. The van der Waals surface area contributed by atoms with Crippen LogP contribution in [0.3, 0.4) is 0 Å². The Hall–Kier alpha value is -0.120. The lowest BCUT2D eigenvalue weighted by molar-refractivity contribution is 0.173. The molecule has 1 rings (SSSR count). The van der Waals surface area contributed by atoms with Gasteiger partial charge in [-0.2, -0.15) is 23.5 Å². The smallest absolute Gasteiger partial charge is 0.0808 e. The van der Waals surface area contributed by atoms with E-state index < -0.39 is 0 Å². The van der Waals surface area contributed by atoms with Crippen LogP contribution in [0.5, 0.6) is 0 Å². The molecular weight excluding hydrogens is 212 g/mol. The van der Waals surface area contributed by atoms with Crippen LogP contribution >= 0.6 is 23.5 Å². The fraction of sp³-hybridized carbons (Fsp3) is 0.455. The van der Waals surface area contributed by atoms with Crippen LogP contribution in [0.4, 0.5) is 0 Å². The highest BCUT2D eigenvalue weighted by molar-refractivity contribution is 8.16. The third kappa shape index (κ3) is 3.56. The number of thioether (sulfide) groups is 2. The summed E-state index contributed by atoms with van der Waals surface area (Å²) in [6.45, 7) is 0. The summed E-state index contributed by atoms with van der Waals surface area (Å²) in [6, 6.07) is 9.85. The summed E-state index contributed by atoms with van der Waals surface area (Å²) in [5.74, 6) is 0. The molecule has 0 spiro atoms. The van der Waals surface area contributed by atoms with E-state index in [2.05, 4.69) is 12.5 Å². The Kier molecular flexibility index (Phi) is 5.45. The van der Waals surface area contributed by atoms with E-state index in [4.69, 9.17) is 0 Å². The maximum Gasteiger partial charge on any atom is 0.0808 e. The summed E-state index contributed by atoms with van der Waals surface area (Å²) in [7, 11) is 0. The minimum atomic E-state index is -0.332. The third-order valence-electron chi connectivity index (χ3n) is 2.13. The monoisotopic (exact) mass is 228 g/mol. The lowest BCUT2D eigenvalue weighted by Gasteiger charge is -2.16. The lowest BCUT2D eigenvalue weighted by Crippen LogP contribution is -2.05. The predicted molar refractivity (Wildman–Crippen MR) is 66.8 cm³/mol. The Balaban J connectivity index is 2.54. The molecule has 0 aliphatic rings. The van der Waals surface area contributed by atoms with Gasteiger partial charge in [0.25, 0.3) is 0 Å². The SMILES string of the molecule is CSC(CC(O)c1ccccc1)SC. The van der Waals surface area contributed by atoms with Crippen LogP contribution < -0.4 is 0 Å². The van der Waals surface area contributed by atoms with Gasteiger partial charge in [0.15, 0.2) is 0 Å². The van der Waals surface area contributed by atoms with Gasteiger partial charge in [0.2, 0.25) is 0 Å².